The van der Waals surface area contributed by atoms with Gasteiger partial charge in [0.25, 0.3) is 0 Å². The second kappa shape index (κ2) is 4.85. The lowest BCUT2D eigenvalue weighted by Crippen LogP contribution is -2.46. The summed E-state index contributed by atoms with van der Waals surface area (Å²) in [6, 6.07) is 0. The lowest BCUT2D eigenvalue weighted by molar-refractivity contribution is -0.000325. The molecule has 1 saturated carbocycles. The fourth-order valence-electron chi connectivity index (χ4n) is 5.35. The molecule has 0 saturated heterocycles. The predicted octanol–water partition coefficient (Wildman–Crippen LogP) is 3.59. The molecular formula is C20H23NO2. The molecule has 4 rings (SSSR count). The van der Waals surface area contributed by atoms with Crippen molar-refractivity contribution in [3.05, 3.63) is 34.9 Å². The predicted molar refractivity (Wildman–Crippen MR) is 90.0 cm³/mol. The Morgan fingerprint density at radius 3 is 2.87 bits per heavy atom. The van der Waals surface area contributed by atoms with E-state index in [0.29, 0.717) is 18.3 Å². The van der Waals surface area contributed by atoms with Crippen LogP contribution in [0.3, 0.4) is 0 Å². The molecule has 2 N–H and O–H groups in total. The molecule has 0 spiro atoms. The third-order valence-electron chi connectivity index (χ3n) is 6.77. The molecule has 0 aromatic heterocycles. The summed E-state index contributed by atoms with van der Waals surface area (Å²) in [6.07, 6.45) is 17.7. The molecule has 4 aliphatic carbocycles. The first kappa shape index (κ1) is 14.8. The van der Waals surface area contributed by atoms with E-state index in [1.165, 1.54) is 16.7 Å². The summed E-state index contributed by atoms with van der Waals surface area (Å²) in [6.45, 7) is 2.13. The molecule has 4 atom stereocenters. The van der Waals surface area contributed by atoms with Crippen molar-refractivity contribution in [3.63, 3.8) is 0 Å². The molecule has 3 heteroatoms. The molecule has 0 unspecified atom stereocenters. The molecule has 4 aliphatic rings. The number of nitrogens with zero attached hydrogens (tertiary/aromatic N) is 1. The summed E-state index contributed by atoms with van der Waals surface area (Å²) in [5.41, 5.74) is 3.66. The van der Waals surface area contributed by atoms with Gasteiger partial charge in [0.2, 0.25) is 0 Å². The minimum atomic E-state index is -1.01. The molecule has 0 aliphatic heterocycles. The molecule has 0 radical (unpaired) electrons. The third-order valence-corrected chi connectivity index (χ3v) is 6.77. The van der Waals surface area contributed by atoms with E-state index >= 15 is 0 Å². The monoisotopic (exact) mass is 309 g/mol. The van der Waals surface area contributed by atoms with Gasteiger partial charge in [-0.1, -0.05) is 30.2 Å². The molecular weight excluding hydrogens is 286 g/mol. The van der Waals surface area contributed by atoms with Crippen LogP contribution in [0, 0.1) is 29.6 Å². The van der Waals surface area contributed by atoms with Gasteiger partial charge >= 0.3 is 0 Å². The summed E-state index contributed by atoms with van der Waals surface area (Å²) in [5.74, 6) is 3.59. The van der Waals surface area contributed by atoms with E-state index in [2.05, 4.69) is 36.2 Å². The zero-order valence-electron chi connectivity index (χ0n) is 13.5. The van der Waals surface area contributed by atoms with Crippen LogP contribution in [0.1, 0.15) is 45.4 Å². The van der Waals surface area contributed by atoms with Gasteiger partial charge in [0.05, 0.1) is 5.71 Å². The maximum atomic E-state index is 10.9. The second-order valence-corrected chi connectivity index (χ2v) is 7.61. The lowest BCUT2D eigenvalue weighted by Gasteiger charge is -2.47. The van der Waals surface area contributed by atoms with Crippen LogP contribution in [-0.2, 0) is 0 Å². The van der Waals surface area contributed by atoms with E-state index < -0.39 is 5.60 Å². The number of terminal acetylenes is 1. The van der Waals surface area contributed by atoms with Crippen LogP contribution in [0.15, 0.2) is 40.1 Å². The Morgan fingerprint density at radius 2 is 2.13 bits per heavy atom. The lowest BCUT2D eigenvalue weighted by atomic mass is 9.58. The third kappa shape index (κ3) is 1.85. The Kier molecular flexibility index (Phi) is 3.12. The molecule has 0 amide bonds. The van der Waals surface area contributed by atoms with Gasteiger partial charge in [-0.25, -0.2) is 0 Å². The average molecular weight is 309 g/mol. The molecule has 23 heavy (non-hydrogen) atoms. The van der Waals surface area contributed by atoms with E-state index in [9.17, 15) is 5.11 Å². The minimum absolute atomic E-state index is 0.315. The van der Waals surface area contributed by atoms with Crippen molar-refractivity contribution < 1.29 is 10.3 Å². The molecule has 0 bridgehead atoms. The van der Waals surface area contributed by atoms with Crippen molar-refractivity contribution in [1.82, 2.24) is 0 Å². The number of allylic oxidation sites excluding steroid dienone is 5. The Hall–Kier alpha value is -1.79. The first-order chi connectivity index (χ1) is 11.0. The van der Waals surface area contributed by atoms with E-state index in [4.69, 9.17) is 11.6 Å². The van der Waals surface area contributed by atoms with Crippen LogP contribution in [0.4, 0.5) is 0 Å². The standard InChI is InChI=1S/C20H23NO2/c1-3-20(22)11-9-18-17-6-4-13-12-14(21-23)5-7-15(13)16(17)8-10-19(18,20)2/h1,8,10,12,17-18,22-23H,4-7,9,11H2,2H3/b21-14+/t17-,18+,19+,20+/m1/s1. The highest BCUT2D eigenvalue weighted by atomic mass is 16.4. The van der Waals surface area contributed by atoms with E-state index in [0.717, 1.165) is 37.8 Å². The van der Waals surface area contributed by atoms with Gasteiger partial charge in [-0.2, -0.15) is 0 Å². The fraction of sp³-hybridized carbons (Fsp3) is 0.550. The van der Waals surface area contributed by atoms with Crippen molar-refractivity contribution in [3.8, 4) is 12.3 Å². The van der Waals surface area contributed by atoms with Gasteiger partial charge in [0.15, 0.2) is 0 Å². The van der Waals surface area contributed by atoms with Gasteiger partial charge in [-0.05, 0) is 73.2 Å². The van der Waals surface area contributed by atoms with Crippen LogP contribution in [-0.4, -0.2) is 21.6 Å². The highest BCUT2D eigenvalue weighted by Gasteiger charge is 2.58. The van der Waals surface area contributed by atoms with Crippen LogP contribution < -0.4 is 0 Å². The quantitative estimate of drug-likeness (QED) is 0.408. The number of aliphatic hydroxyl groups is 1. The molecule has 0 aromatic carbocycles. The van der Waals surface area contributed by atoms with Crippen LogP contribution in [0.2, 0.25) is 0 Å². The van der Waals surface area contributed by atoms with Gasteiger partial charge in [-0.15, -0.1) is 6.42 Å². The first-order valence-electron chi connectivity index (χ1n) is 8.57. The summed E-state index contributed by atoms with van der Waals surface area (Å²) >= 11 is 0. The van der Waals surface area contributed by atoms with Crippen LogP contribution in [0.5, 0.6) is 0 Å². The topological polar surface area (TPSA) is 52.8 Å². The van der Waals surface area contributed by atoms with Gasteiger partial charge < -0.3 is 10.3 Å². The average Bonchev–Trinajstić information content (AvgIpc) is 2.86. The highest BCUT2D eigenvalue weighted by Crippen LogP contribution is 2.60. The maximum absolute atomic E-state index is 10.9. The molecule has 0 aromatic rings. The minimum Gasteiger partial charge on any atom is -0.411 e. The molecule has 120 valence electrons. The smallest absolute Gasteiger partial charge is 0.134 e. The van der Waals surface area contributed by atoms with Crippen LogP contribution in [0.25, 0.3) is 0 Å². The molecule has 0 heterocycles. The summed E-state index contributed by atoms with van der Waals surface area (Å²) in [5, 5.41) is 23.3. The second-order valence-electron chi connectivity index (χ2n) is 7.61. The Morgan fingerprint density at radius 1 is 1.30 bits per heavy atom. The number of fused-ring (bicyclic) bond motifs is 4. The van der Waals surface area contributed by atoms with Crippen molar-refractivity contribution in [2.45, 2.75) is 51.0 Å². The van der Waals surface area contributed by atoms with Gasteiger partial charge in [0, 0.05) is 5.41 Å². The summed E-state index contributed by atoms with van der Waals surface area (Å²) in [4.78, 5) is 0. The van der Waals surface area contributed by atoms with Gasteiger partial charge in [0.1, 0.15) is 5.60 Å². The van der Waals surface area contributed by atoms with E-state index in [-0.39, 0.29) is 5.41 Å². The fourth-order valence-corrected chi connectivity index (χ4v) is 5.35. The number of hydrogen-bond donors (Lipinski definition) is 2. The van der Waals surface area contributed by atoms with Gasteiger partial charge in [-0.3, -0.25) is 0 Å². The summed E-state index contributed by atoms with van der Waals surface area (Å²) in [7, 11) is 0. The maximum Gasteiger partial charge on any atom is 0.134 e. The zero-order chi connectivity index (χ0) is 16.2. The largest absolute Gasteiger partial charge is 0.411 e. The van der Waals surface area contributed by atoms with Crippen molar-refractivity contribution in [2.75, 3.05) is 0 Å². The van der Waals surface area contributed by atoms with E-state index in [1.807, 2.05) is 0 Å². The number of oxime groups is 1. The normalized spacial score (nSPS) is 43.5. The van der Waals surface area contributed by atoms with Crippen molar-refractivity contribution in [2.24, 2.45) is 22.4 Å². The molecule has 1 fully saturated rings. The van der Waals surface area contributed by atoms with Crippen molar-refractivity contribution in [1.29, 1.82) is 0 Å². The summed E-state index contributed by atoms with van der Waals surface area (Å²) < 4.78 is 0. The Balaban J connectivity index is 1.81. The number of hydrogen-bond acceptors (Lipinski definition) is 3. The Labute approximate surface area is 137 Å². The zero-order valence-corrected chi connectivity index (χ0v) is 13.5. The SMILES string of the molecule is C#C[C@]1(O)CC[C@H]2[C@@H]3CCC4=C/C(=N/O)CCC4=C3C=C[C@@]21C. The Bertz CT molecular complexity index is 720. The number of rotatable bonds is 0. The first-order valence-corrected chi connectivity index (χ1v) is 8.57. The van der Waals surface area contributed by atoms with Crippen LogP contribution >= 0.6 is 0 Å². The van der Waals surface area contributed by atoms with E-state index in [1.54, 1.807) is 0 Å². The molecule has 3 nitrogen and oxygen atoms in total. The van der Waals surface area contributed by atoms with Crippen molar-refractivity contribution >= 4 is 5.71 Å². The highest BCUT2D eigenvalue weighted by molar-refractivity contribution is 5.97.